The molecule has 6 heteroatoms. The fourth-order valence-corrected chi connectivity index (χ4v) is 2.29. The maximum atomic E-state index is 5.80. The Balaban J connectivity index is 1.66. The van der Waals surface area contributed by atoms with Gasteiger partial charge in [-0.15, -0.1) is 0 Å². The molecule has 0 saturated carbocycles. The fourth-order valence-electron chi connectivity index (χ4n) is 2.29. The van der Waals surface area contributed by atoms with Crippen molar-refractivity contribution in [1.29, 1.82) is 0 Å². The Kier molecular flexibility index (Phi) is 3.83. The van der Waals surface area contributed by atoms with Gasteiger partial charge in [0.05, 0.1) is 0 Å². The van der Waals surface area contributed by atoms with E-state index in [2.05, 4.69) is 32.4 Å². The molecule has 1 aromatic carbocycles. The van der Waals surface area contributed by atoms with E-state index in [0.717, 1.165) is 37.8 Å². The van der Waals surface area contributed by atoms with Gasteiger partial charge in [-0.2, -0.15) is 5.10 Å². The summed E-state index contributed by atoms with van der Waals surface area (Å²) in [4.78, 5) is 6.52. The van der Waals surface area contributed by atoms with Gasteiger partial charge >= 0.3 is 0 Å². The van der Waals surface area contributed by atoms with Crippen molar-refractivity contribution in [3.8, 4) is 5.75 Å². The van der Waals surface area contributed by atoms with E-state index in [1.165, 1.54) is 12.0 Å². The highest BCUT2D eigenvalue weighted by molar-refractivity contribution is 5.51. The zero-order valence-corrected chi connectivity index (χ0v) is 11.6. The zero-order valence-electron chi connectivity index (χ0n) is 11.6. The van der Waals surface area contributed by atoms with Gasteiger partial charge in [0.1, 0.15) is 18.7 Å². The standard InChI is InChI=1S/C14H19N5O/c1-18-14(16-11-17-18)10-20-13-4-2-3-12(9-13)19-7-5-15-6-8-19/h2-4,9,11,15H,5-8,10H2,1H3. The van der Waals surface area contributed by atoms with Crippen LogP contribution >= 0.6 is 0 Å². The number of benzene rings is 1. The molecule has 0 bridgehead atoms. The molecule has 2 heterocycles. The molecule has 1 N–H and O–H groups in total. The van der Waals surface area contributed by atoms with Gasteiger partial charge in [0.15, 0.2) is 5.82 Å². The largest absolute Gasteiger partial charge is 0.486 e. The minimum atomic E-state index is 0.432. The van der Waals surface area contributed by atoms with Gasteiger partial charge in [-0.25, -0.2) is 4.98 Å². The molecule has 0 amide bonds. The summed E-state index contributed by atoms with van der Waals surface area (Å²) >= 11 is 0. The quantitative estimate of drug-likeness (QED) is 0.893. The summed E-state index contributed by atoms with van der Waals surface area (Å²) < 4.78 is 7.52. The maximum Gasteiger partial charge on any atom is 0.164 e. The van der Waals surface area contributed by atoms with E-state index >= 15 is 0 Å². The first-order valence-electron chi connectivity index (χ1n) is 6.84. The van der Waals surface area contributed by atoms with Crippen molar-refractivity contribution < 1.29 is 4.74 Å². The number of anilines is 1. The molecular formula is C14H19N5O. The van der Waals surface area contributed by atoms with Crippen LogP contribution in [0.1, 0.15) is 5.82 Å². The molecule has 0 radical (unpaired) electrons. The summed E-state index contributed by atoms with van der Waals surface area (Å²) in [6.07, 6.45) is 1.54. The summed E-state index contributed by atoms with van der Waals surface area (Å²) in [6.45, 7) is 4.56. The predicted molar refractivity (Wildman–Crippen MR) is 76.9 cm³/mol. The smallest absolute Gasteiger partial charge is 0.164 e. The fraction of sp³-hybridized carbons (Fsp3) is 0.429. The third-order valence-corrected chi connectivity index (χ3v) is 3.47. The Morgan fingerprint density at radius 1 is 1.30 bits per heavy atom. The van der Waals surface area contributed by atoms with Crippen LogP contribution in [0.5, 0.6) is 5.75 Å². The number of nitrogens with one attached hydrogen (secondary N) is 1. The van der Waals surface area contributed by atoms with E-state index in [-0.39, 0.29) is 0 Å². The van der Waals surface area contributed by atoms with Crippen molar-refractivity contribution in [2.45, 2.75) is 6.61 Å². The average molecular weight is 273 g/mol. The summed E-state index contributed by atoms with van der Waals surface area (Å²) in [7, 11) is 1.86. The Morgan fingerprint density at radius 2 is 2.15 bits per heavy atom. The normalized spacial score (nSPS) is 15.3. The summed E-state index contributed by atoms with van der Waals surface area (Å²) in [5.74, 6) is 1.68. The molecule has 1 saturated heterocycles. The van der Waals surface area contributed by atoms with Crippen LogP contribution in [0.4, 0.5) is 5.69 Å². The van der Waals surface area contributed by atoms with Gasteiger partial charge in [0.25, 0.3) is 0 Å². The molecule has 0 atom stereocenters. The van der Waals surface area contributed by atoms with E-state index in [4.69, 9.17) is 4.74 Å². The molecule has 20 heavy (non-hydrogen) atoms. The summed E-state index contributed by atoms with van der Waals surface area (Å²) in [6, 6.07) is 8.22. The Labute approximate surface area is 118 Å². The number of rotatable bonds is 4. The molecule has 6 nitrogen and oxygen atoms in total. The van der Waals surface area contributed by atoms with Gasteiger partial charge in [-0.1, -0.05) is 6.07 Å². The highest BCUT2D eigenvalue weighted by Crippen LogP contribution is 2.22. The Hall–Kier alpha value is -2.08. The van der Waals surface area contributed by atoms with Gasteiger partial charge < -0.3 is 15.0 Å². The number of hydrogen-bond donors (Lipinski definition) is 1. The topological polar surface area (TPSA) is 55.2 Å². The third-order valence-electron chi connectivity index (χ3n) is 3.47. The summed E-state index contributed by atoms with van der Waals surface area (Å²) in [5.41, 5.74) is 1.21. The number of aromatic nitrogens is 3. The number of aryl methyl sites for hydroxylation is 1. The first-order valence-corrected chi connectivity index (χ1v) is 6.84. The van der Waals surface area contributed by atoms with Gasteiger partial charge in [0.2, 0.25) is 0 Å². The molecule has 0 spiro atoms. The van der Waals surface area contributed by atoms with Gasteiger partial charge in [-0.3, -0.25) is 4.68 Å². The minimum Gasteiger partial charge on any atom is -0.486 e. The average Bonchev–Trinajstić information content (AvgIpc) is 2.92. The first kappa shape index (κ1) is 12.9. The van der Waals surface area contributed by atoms with E-state index in [0.29, 0.717) is 6.61 Å². The lowest BCUT2D eigenvalue weighted by atomic mass is 10.2. The van der Waals surface area contributed by atoms with Crippen LogP contribution in [0.25, 0.3) is 0 Å². The highest BCUT2D eigenvalue weighted by atomic mass is 16.5. The third kappa shape index (κ3) is 2.91. The Morgan fingerprint density at radius 3 is 2.90 bits per heavy atom. The first-order chi connectivity index (χ1) is 9.83. The van der Waals surface area contributed by atoms with Crippen LogP contribution < -0.4 is 15.0 Å². The van der Waals surface area contributed by atoms with Crippen LogP contribution in [0, 0.1) is 0 Å². The van der Waals surface area contributed by atoms with Gasteiger partial charge in [-0.05, 0) is 12.1 Å². The summed E-state index contributed by atoms with van der Waals surface area (Å²) in [5, 5.41) is 7.39. The SMILES string of the molecule is Cn1ncnc1COc1cccc(N2CCNCC2)c1. The van der Waals surface area contributed by atoms with Crippen LogP contribution in [0.3, 0.4) is 0 Å². The van der Waals surface area contributed by atoms with Crippen LogP contribution in [0.15, 0.2) is 30.6 Å². The van der Waals surface area contributed by atoms with E-state index < -0.39 is 0 Å². The van der Waals surface area contributed by atoms with Crippen molar-refractivity contribution in [2.75, 3.05) is 31.1 Å². The van der Waals surface area contributed by atoms with Crippen LogP contribution in [-0.2, 0) is 13.7 Å². The molecule has 1 aliphatic heterocycles. The van der Waals surface area contributed by atoms with Crippen molar-refractivity contribution in [3.05, 3.63) is 36.4 Å². The van der Waals surface area contributed by atoms with Crippen LogP contribution in [-0.4, -0.2) is 40.9 Å². The van der Waals surface area contributed by atoms with Crippen molar-refractivity contribution in [1.82, 2.24) is 20.1 Å². The molecule has 1 aromatic heterocycles. The Bertz CT molecular complexity index is 562. The van der Waals surface area contributed by atoms with Crippen molar-refractivity contribution in [3.63, 3.8) is 0 Å². The minimum absolute atomic E-state index is 0.432. The molecule has 0 aliphatic carbocycles. The van der Waals surface area contributed by atoms with Crippen molar-refractivity contribution in [2.24, 2.45) is 7.05 Å². The molecular weight excluding hydrogens is 254 g/mol. The van der Waals surface area contributed by atoms with E-state index in [1.807, 2.05) is 19.2 Å². The molecule has 1 fully saturated rings. The number of ether oxygens (including phenoxy) is 1. The lowest BCUT2D eigenvalue weighted by molar-refractivity contribution is 0.290. The van der Waals surface area contributed by atoms with E-state index in [9.17, 15) is 0 Å². The van der Waals surface area contributed by atoms with Crippen LogP contribution in [0.2, 0.25) is 0 Å². The molecule has 0 unspecified atom stereocenters. The molecule has 1 aliphatic rings. The van der Waals surface area contributed by atoms with Crippen molar-refractivity contribution >= 4 is 5.69 Å². The second kappa shape index (κ2) is 5.92. The van der Waals surface area contributed by atoms with Gasteiger partial charge in [0, 0.05) is 45.0 Å². The second-order valence-electron chi connectivity index (χ2n) is 4.82. The van der Waals surface area contributed by atoms with E-state index in [1.54, 1.807) is 4.68 Å². The number of hydrogen-bond acceptors (Lipinski definition) is 5. The lowest BCUT2D eigenvalue weighted by Gasteiger charge is -2.29. The molecule has 106 valence electrons. The second-order valence-corrected chi connectivity index (χ2v) is 4.82. The predicted octanol–water partition coefficient (Wildman–Crippen LogP) is 0.804. The monoisotopic (exact) mass is 273 g/mol. The number of piperazine rings is 1. The maximum absolute atomic E-state index is 5.80. The molecule has 2 aromatic rings. The highest BCUT2D eigenvalue weighted by Gasteiger charge is 2.11. The molecule has 3 rings (SSSR count). The number of nitrogens with zero attached hydrogens (tertiary/aromatic N) is 4. The zero-order chi connectivity index (χ0) is 13.8. The lowest BCUT2D eigenvalue weighted by Crippen LogP contribution is -2.43.